The third-order valence-electron chi connectivity index (χ3n) is 9.71. The second kappa shape index (κ2) is 13.0. The van der Waals surface area contributed by atoms with E-state index in [2.05, 4.69) is 33.4 Å². The van der Waals surface area contributed by atoms with E-state index >= 15 is 9.59 Å². The van der Waals surface area contributed by atoms with Crippen molar-refractivity contribution in [3.8, 4) is 56.1 Å². The van der Waals surface area contributed by atoms with Crippen LogP contribution in [0.4, 0.5) is 0 Å². The number of nitrogens with zero attached hydrogens (tertiary/aromatic N) is 2. The summed E-state index contributed by atoms with van der Waals surface area (Å²) in [5.74, 6) is 0. The Morgan fingerprint density at radius 3 is 0.923 bits per heavy atom. The quantitative estimate of drug-likeness (QED) is 0.166. The molecule has 0 aliphatic carbocycles. The fraction of sp³-hybridized carbons (Fsp3) is 0. The Morgan fingerprint density at radius 2 is 0.596 bits per heavy atom. The number of para-hydroxylation sites is 2. The van der Waals surface area contributed by atoms with Crippen LogP contribution in [0, 0.1) is 0 Å². The number of hydrogen-bond donors (Lipinski definition) is 0. The van der Waals surface area contributed by atoms with E-state index in [9.17, 15) is 0 Å². The zero-order chi connectivity index (χ0) is 35.0. The maximum Gasteiger partial charge on any atom is 0.197 e. The van der Waals surface area contributed by atoms with Gasteiger partial charge >= 0.3 is 0 Å². The smallest absolute Gasteiger partial charge is 0.197 e. The topological polar surface area (TPSA) is 44.0 Å². The van der Waals surface area contributed by atoms with E-state index in [0.29, 0.717) is 32.9 Å². The Morgan fingerprint density at radius 1 is 0.308 bits per heavy atom. The molecule has 9 rings (SSSR count). The van der Waals surface area contributed by atoms with Crippen LogP contribution in [0.15, 0.2) is 204 Å². The summed E-state index contributed by atoms with van der Waals surface area (Å²) < 4.78 is 4.36. The molecule has 0 saturated carbocycles. The summed E-state index contributed by atoms with van der Waals surface area (Å²) in [6, 6.07) is 64.0. The molecule has 0 fully saturated rings. The van der Waals surface area contributed by atoms with Crippen molar-refractivity contribution in [2.45, 2.75) is 0 Å². The maximum atomic E-state index is 15.1. The van der Waals surface area contributed by atoms with Gasteiger partial charge in [-0.05, 0) is 58.7 Å². The van der Waals surface area contributed by atoms with Crippen molar-refractivity contribution in [3.63, 3.8) is 0 Å². The fourth-order valence-corrected chi connectivity index (χ4v) is 7.43. The van der Waals surface area contributed by atoms with E-state index in [0.717, 1.165) is 45.0 Å². The van der Waals surface area contributed by atoms with Crippen molar-refractivity contribution >= 4 is 21.8 Å². The van der Waals surface area contributed by atoms with Crippen LogP contribution in [0.2, 0.25) is 0 Å². The normalized spacial score (nSPS) is 11.2. The Balaban J connectivity index is 1.56. The molecule has 0 unspecified atom stereocenters. The summed E-state index contributed by atoms with van der Waals surface area (Å²) in [6.45, 7) is 0. The fourth-order valence-electron chi connectivity index (χ4n) is 7.43. The summed E-state index contributed by atoms with van der Waals surface area (Å²) in [5, 5.41) is 0.941. The number of hydrogen-bond acceptors (Lipinski definition) is 2. The number of fused-ring (bicyclic) bond motifs is 2. The Hall–Kier alpha value is -7.04. The summed E-state index contributed by atoms with van der Waals surface area (Å²) in [6.07, 6.45) is 0. The van der Waals surface area contributed by atoms with Crippen molar-refractivity contribution < 1.29 is 0 Å². The minimum Gasteiger partial charge on any atom is -0.308 e. The SMILES string of the molecule is O=c1c(-c2ccccc2)c(-c2ccccc2)n(-c2ccccc2)c2cc3c(cc12)c(=O)c(-c1ccccc1)c(-c1ccccc1)n3-c1ccccc1. The van der Waals surface area contributed by atoms with E-state index in [1.54, 1.807) is 0 Å². The van der Waals surface area contributed by atoms with Crippen LogP contribution in [0.5, 0.6) is 0 Å². The predicted molar refractivity (Wildman–Crippen MR) is 214 cm³/mol. The zero-order valence-corrected chi connectivity index (χ0v) is 28.2. The van der Waals surface area contributed by atoms with Crippen molar-refractivity contribution in [2.24, 2.45) is 0 Å². The van der Waals surface area contributed by atoms with Gasteiger partial charge in [0.1, 0.15) is 0 Å². The molecule has 0 radical (unpaired) electrons. The molecule has 246 valence electrons. The molecule has 2 heterocycles. The highest BCUT2D eigenvalue weighted by Crippen LogP contribution is 2.39. The standard InChI is InChI=1S/C48H32N2O2/c51-47-39-31-40-42(50(38-29-17-6-18-30-38)46(36-25-13-4-14-26-36)44(48(40)52)34-21-9-2-10-22-34)32-41(39)49(37-27-15-5-16-28-37)45(35-23-11-3-12-24-35)43(47)33-19-7-1-8-20-33/h1-32H. The second-order valence-corrected chi connectivity index (χ2v) is 12.8. The summed E-state index contributed by atoms with van der Waals surface area (Å²) in [7, 11) is 0. The van der Waals surface area contributed by atoms with Crippen LogP contribution in [0.1, 0.15) is 0 Å². The van der Waals surface area contributed by atoms with Gasteiger partial charge in [-0.2, -0.15) is 0 Å². The molecular weight excluding hydrogens is 637 g/mol. The third kappa shape index (κ3) is 5.17. The summed E-state index contributed by atoms with van der Waals surface area (Å²) in [5.41, 5.74) is 9.13. The molecule has 7 aromatic carbocycles. The van der Waals surface area contributed by atoms with Gasteiger partial charge in [0.15, 0.2) is 10.9 Å². The van der Waals surface area contributed by atoms with Crippen molar-refractivity contribution in [1.29, 1.82) is 0 Å². The van der Waals surface area contributed by atoms with Crippen molar-refractivity contribution in [2.75, 3.05) is 0 Å². The van der Waals surface area contributed by atoms with Gasteiger partial charge in [0, 0.05) is 22.1 Å². The monoisotopic (exact) mass is 668 g/mol. The number of aromatic nitrogens is 2. The van der Waals surface area contributed by atoms with Gasteiger partial charge in [0.05, 0.1) is 33.5 Å². The highest BCUT2D eigenvalue weighted by atomic mass is 16.1. The molecule has 2 aromatic heterocycles. The van der Waals surface area contributed by atoms with Crippen molar-refractivity contribution in [3.05, 3.63) is 215 Å². The Bertz CT molecular complexity index is 2640. The minimum absolute atomic E-state index is 0.131. The highest BCUT2D eigenvalue weighted by Gasteiger charge is 2.25. The molecule has 0 amide bonds. The van der Waals surface area contributed by atoms with E-state index in [1.807, 2.05) is 170 Å². The van der Waals surface area contributed by atoms with Crippen LogP contribution in [-0.4, -0.2) is 9.13 Å². The lowest BCUT2D eigenvalue weighted by Gasteiger charge is -2.24. The predicted octanol–water partition coefficient (Wildman–Crippen LogP) is 11.0. The zero-order valence-electron chi connectivity index (χ0n) is 28.2. The van der Waals surface area contributed by atoms with Crippen LogP contribution < -0.4 is 10.9 Å². The van der Waals surface area contributed by atoms with Crippen molar-refractivity contribution in [1.82, 2.24) is 9.13 Å². The number of rotatable bonds is 6. The van der Waals surface area contributed by atoms with Gasteiger partial charge in [0.25, 0.3) is 0 Å². The first-order chi connectivity index (χ1) is 25.7. The molecule has 4 nitrogen and oxygen atoms in total. The molecule has 52 heavy (non-hydrogen) atoms. The summed E-state index contributed by atoms with van der Waals surface area (Å²) in [4.78, 5) is 30.3. The summed E-state index contributed by atoms with van der Waals surface area (Å²) >= 11 is 0. The Labute approximate surface area is 300 Å². The molecular formula is C48H32N2O2. The van der Waals surface area contributed by atoms with Gasteiger partial charge in [-0.15, -0.1) is 0 Å². The van der Waals surface area contributed by atoms with E-state index in [-0.39, 0.29) is 10.9 Å². The molecule has 0 spiro atoms. The molecule has 0 N–H and O–H groups in total. The lowest BCUT2D eigenvalue weighted by molar-refractivity contribution is 1.09. The molecule has 0 aliphatic heterocycles. The van der Waals surface area contributed by atoms with E-state index in [1.165, 1.54) is 0 Å². The van der Waals surface area contributed by atoms with Crippen LogP contribution >= 0.6 is 0 Å². The van der Waals surface area contributed by atoms with Gasteiger partial charge < -0.3 is 9.13 Å². The molecule has 4 heteroatoms. The lowest BCUT2D eigenvalue weighted by Crippen LogP contribution is -2.19. The number of pyridine rings is 2. The first-order valence-electron chi connectivity index (χ1n) is 17.4. The lowest BCUT2D eigenvalue weighted by atomic mass is 9.93. The Kier molecular flexibility index (Phi) is 7.75. The first kappa shape index (κ1) is 31.0. The molecule has 0 aliphatic rings. The highest BCUT2D eigenvalue weighted by molar-refractivity contribution is 6.04. The van der Waals surface area contributed by atoms with Crippen LogP contribution in [-0.2, 0) is 0 Å². The van der Waals surface area contributed by atoms with Gasteiger partial charge in [0.2, 0.25) is 0 Å². The average molecular weight is 669 g/mol. The number of benzene rings is 7. The maximum absolute atomic E-state index is 15.1. The molecule has 0 saturated heterocycles. The van der Waals surface area contributed by atoms with E-state index < -0.39 is 0 Å². The largest absolute Gasteiger partial charge is 0.308 e. The molecule has 0 atom stereocenters. The molecule has 0 bridgehead atoms. The van der Waals surface area contributed by atoms with E-state index in [4.69, 9.17) is 0 Å². The third-order valence-corrected chi connectivity index (χ3v) is 9.71. The minimum atomic E-state index is -0.131. The van der Waals surface area contributed by atoms with Crippen LogP contribution in [0.25, 0.3) is 77.9 Å². The van der Waals surface area contributed by atoms with Crippen LogP contribution in [0.3, 0.4) is 0 Å². The molecule has 9 aromatic rings. The average Bonchev–Trinajstić information content (AvgIpc) is 3.22. The van der Waals surface area contributed by atoms with Gasteiger partial charge in [-0.1, -0.05) is 158 Å². The second-order valence-electron chi connectivity index (χ2n) is 12.8. The first-order valence-corrected chi connectivity index (χ1v) is 17.4. The van der Waals surface area contributed by atoms with Gasteiger partial charge in [-0.25, -0.2) is 0 Å². The van der Waals surface area contributed by atoms with Gasteiger partial charge in [-0.3, -0.25) is 9.59 Å².